The Morgan fingerprint density at radius 3 is 2.70 bits per heavy atom. The van der Waals surface area contributed by atoms with E-state index in [2.05, 4.69) is 40.0 Å². The Kier molecular flexibility index (Phi) is 4.13. The number of halogens is 1. The van der Waals surface area contributed by atoms with E-state index in [4.69, 9.17) is 9.98 Å². The van der Waals surface area contributed by atoms with Gasteiger partial charge in [-0.05, 0) is 76.5 Å². The molecule has 0 radical (unpaired) electrons. The van der Waals surface area contributed by atoms with E-state index < -0.39 is 6.04 Å². The van der Waals surface area contributed by atoms with Crippen molar-refractivity contribution in [3.05, 3.63) is 47.6 Å². The zero-order chi connectivity index (χ0) is 20.4. The summed E-state index contributed by atoms with van der Waals surface area (Å²) in [6, 6.07) is 4.26. The van der Waals surface area contributed by atoms with Gasteiger partial charge in [-0.1, -0.05) is 6.08 Å². The van der Waals surface area contributed by atoms with Crippen LogP contribution in [0.25, 0.3) is 16.6 Å². The van der Waals surface area contributed by atoms with Crippen LogP contribution in [0, 0.1) is 0 Å². The summed E-state index contributed by atoms with van der Waals surface area (Å²) in [4.78, 5) is 17.6. The third kappa shape index (κ3) is 2.92. The lowest BCUT2D eigenvalue weighted by Gasteiger charge is -2.40. The molecule has 30 heavy (non-hydrogen) atoms. The molecule has 2 aromatic rings. The molecule has 2 atom stereocenters. The molecule has 2 aromatic heterocycles. The van der Waals surface area contributed by atoms with Crippen LogP contribution < -0.4 is 0 Å². The van der Waals surface area contributed by atoms with Crippen LogP contribution in [0.5, 0.6) is 0 Å². The number of allylic oxidation sites excluding steroid dienone is 2. The van der Waals surface area contributed by atoms with Gasteiger partial charge >= 0.3 is 0 Å². The molecule has 2 unspecified atom stereocenters. The van der Waals surface area contributed by atoms with E-state index in [0.29, 0.717) is 12.0 Å². The lowest BCUT2D eigenvalue weighted by molar-refractivity contribution is 0.161. The standard InChI is InChI=1S/C24H28FN5/c1-14-27-23-20(25)11-16(12-22(23)30(14)17-7-9-29(2)10-8-17)19-13-26-24-18(19)5-6-21(28-24)15-3-4-15/h5-6,11-13,15,17,22-23H,3-4,7-10H2,1-2H3,(H,26,28). The minimum atomic E-state index is -0.404. The van der Waals surface area contributed by atoms with Crippen molar-refractivity contribution in [1.82, 2.24) is 19.8 Å². The molecule has 4 heterocycles. The van der Waals surface area contributed by atoms with Crippen LogP contribution in [0.15, 0.2) is 41.3 Å². The van der Waals surface area contributed by atoms with Crippen LogP contribution in [-0.4, -0.2) is 63.9 Å². The Labute approximate surface area is 176 Å². The first-order chi connectivity index (χ1) is 14.6. The van der Waals surface area contributed by atoms with Crippen molar-refractivity contribution in [2.75, 3.05) is 20.1 Å². The van der Waals surface area contributed by atoms with Gasteiger partial charge in [-0.15, -0.1) is 0 Å². The second-order valence-electron chi connectivity index (χ2n) is 9.31. The fourth-order valence-corrected chi connectivity index (χ4v) is 5.39. The highest BCUT2D eigenvalue weighted by molar-refractivity contribution is 5.95. The summed E-state index contributed by atoms with van der Waals surface area (Å²) in [6.45, 7) is 4.20. The third-order valence-corrected chi connectivity index (χ3v) is 7.22. The number of fused-ring (bicyclic) bond motifs is 2. The molecule has 4 aliphatic rings. The summed E-state index contributed by atoms with van der Waals surface area (Å²) in [7, 11) is 2.17. The summed E-state index contributed by atoms with van der Waals surface area (Å²) in [5.41, 5.74) is 4.03. The number of rotatable bonds is 3. The summed E-state index contributed by atoms with van der Waals surface area (Å²) in [5.74, 6) is 1.45. The fraction of sp³-hybridized carbons (Fsp3) is 0.500. The number of pyridine rings is 1. The van der Waals surface area contributed by atoms with Crippen molar-refractivity contribution >= 4 is 22.4 Å². The number of amidine groups is 1. The Balaban J connectivity index is 1.35. The number of H-pyrrole nitrogens is 1. The molecule has 2 fully saturated rings. The van der Waals surface area contributed by atoms with Crippen molar-refractivity contribution in [2.24, 2.45) is 4.99 Å². The molecule has 156 valence electrons. The van der Waals surface area contributed by atoms with Gasteiger partial charge in [0.05, 0.1) is 11.9 Å². The van der Waals surface area contributed by atoms with Gasteiger partial charge in [0, 0.05) is 34.8 Å². The highest BCUT2D eigenvalue weighted by atomic mass is 19.1. The monoisotopic (exact) mass is 405 g/mol. The van der Waals surface area contributed by atoms with Crippen LogP contribution in [0.4, 0.5) is 4.39 Å². The van der Waals surface area contributed by atoms with Gasteiger partial charge in [0.15, 0.2) is 0 Å². The van der Waals surface area contributed by atoms with Gasteiger partial charge in [-0.2, -0.15) is 0 Å². The average Bonchev–Trinajstić information content (AvgIpc) is 3.42. The highest BCUT2D eigenvalue weighted by Gasteiger charge is 2.42. The molecule has 0 spiro atoms. The predicted octanol–water partition coefficient (Wildman–Crippen LogP) is 4.26. The molecule has 6 rings (SSSR count). The number of nitrogens with one attached hydrogen (secondary N) is 1. The number of piperidine rings is 1. The van der Waals surface area contributed by atoms with Crippen molar-refractivity contribution in [3.63, 3.8) is 0 Å². The molecule has 2 aliphatic carbocycles. The molecule has 0 bridgehead atoms. The van der Waals surface area contributed by atoms with E-state index in [1.165, 1.54) is 18.5 Å². The first-order valence-corrected chi connectivity index (χ1v) is 11.2. The number of aromatic amines is 1. The van der Waals surface area contributed by atoms with Crippen LogP contribution in [0.2, 0.25) is 0 Å². The largest absolute Gasteiger partial charge is 0.348 e. The Bertz CT molecular complexity index is 1080. The molecule has 0 aromatic carbocycles. The van der Waals surface area contributed by atoms with Crippen LogP contribution in [0.3, 0.4) is 0 Å². The second-order valence-corrected chi connectivity index (χ2v) is 9.31. The number of nitrogens with zero attached hydrogens (tertiary/aromatic N) is 4. The smallest absolute Gasteiger partial charge is 0.138 e. The molecule has 6 heteroatoms. The van der Waals surface area contributed by atoms with E-state index in [0.717, 1.165) is 53.9 Å². The summed E-state index contributed by atoms with van der Waals surface area (Å²) >= 11 is 0. The van der Waals surface area contributed by atoms with Gasteiger partial charge in [0.2, 0.25) is 0 Å². The molecular formula is C24H28FN5. The molecule has 5 nitrogen and oxygen atoms in total. The maximum Gasteiger partial charge on any atom is 0.138 e. The topological polar surface area (TPSA) is 47.5 Å². The second kappa shape index (κ2) is 6.77. The lowest BCUT2D eigenvalue weighted by Crippen LogP contribution is -2.50. The molecule has 1 saturated heterocycles. The number of aromatic nitrogens is 2. The molecule has 1 N–H and O–H groups in total. The quantitative estimate of drug-likeness (QED) is 0.830. The van der Waals surface area contributed by atoms with Crippen LogP contribution in [0.1, 0.15) is 49.8 Å². The summed E-state index contributed by atoms with van der Waals surface area (Å²) in [5, 5.41) is 1.06. The van der Waals surface area contributed by atoms with Crippen LogP contribution >= 0.6 is 0 Å². The van der Waals surface area contributed by atoms with Crippen molar-refractivity contribution in [3.8, 4) is 0 Å². The minimum absolute atomic E-state index is 0.0398. The van der Waals surface area contributed by atoms with E-state index in [9.17, 15) is 0 Å². The van der Waals surface area contributed by atoms with Crippen molar-refractivity contribution < 1.29 is 4.39 Å². The summed E-state index contributed by atoms with van der Waals surface area (Å²) in [6.07, 6.45) is 10.6. The first kappa shape index (κ1) is 18.3. The minimum Gasteiger partial charge on any atom is -0.348 e. The Hall–Kier alpha value is -2.47. The predicted molar refractivity (Wildman–Crippen MR) is 118 cm³/mol. The van der Waals surface area contributed by atoms with Crippen LogP contribution in [-0.2, 0) is 0 Å². The number of aliphatic imine (C=N–C) groups is 1. The van der Waals surface area contributed by atoms with E-state index in [-0.39, 0.29) is 11.9 Å². The number of likely N-dealkylation sites (tertiary alicyclic amines) is 1. The maximum absolute atomic E-state index is 15.2. The SMILES string of the molecule is CC1=NC2C(F)=CC(c3c[nH]c4nc(C5CC5)ccc34)=CC2N1C1CCN(C)CC1. The Morgan fingerprint density at radius 1 is 1.13 bits per heavy atom. The zero-order valence-corrected chi connectivity index (χ0v) is 17.6. The van der Waals surface area contributed by atoms with Gasteiger partial charge in [-0.25, -0.2) is 9.37 Å². The van der Waals surface area contributed by atoms with Crippen molar-refractivity contribution in [1.29, 1.82) is 0 Å². The van der Waals surface area contributed by atoms with Gasteiger partial charge in [0.25, 0.3) is 0 Å². The molecule has 2 aliphatic heterocycles. The number of hydrogen-bond acceptors (Lipinski definition) is 4. The van der Waals surface area contributed by atoms with Crippen molar-refractivity contribution in [2.45, 2.75) is 56.7 Å². The zero-order valence-electron chi connectivity index (χ0n) is 17.6. The number of hydrogen-bond donors (Lipinski definition) is 1. The average molecular weight is 406 g/mol. The van der Waals surface area contributed by atoms with Gasteiger partial charge in [-0.3, -0.25) is 4.99 Å². The Morgan fingerprint density at radius 2 is 1.93 bits per heavy atom. The summed E-state index contributed by atoms with van der Waals surface area (Å²) < 4.78 is 15.2. The van der Waals surface area contributed by atoms with E-state index >= 15 is 4.39 Å². The maximum atomic E-state index is 15.2. The molecule has 0 amide bonds. The fourth-order valence-electron chi connectivity index (χ4n) is 5.39. The highest BCUT2D eigenvalue weighted by Crippen LogP contribution is 2.41. The van der Waals surface area contributed by atoms with Gasteiger partial charge in [0.1, 0.15) is 17.5 Å². The first-order valence-electron chi connectivity index (χ1n) is 11.2. The third-order valence-electron chi connectivity index (χ3n) is 7.22. The molecule has 1 saturated carbocycles. The normalized spacial score (nSPS) is 27.8. The molecular weight excluding hydrogens is 377 g/mol. The van der Waals surface area contributed by atoms with E-state index in [1.807, 2.05) is 13.1 Å². The lowest BCUT2D eigenvalue weighted by atomic mass is 9.91. The van der Waals surface area contributed by atoms with Gasteiger partial charge < -0.3 is 14.8 Å². The van der Waals surface area contributed by atoms with E-state index in [1.54, 1.807) is 6.08 Å².